The second-order valence-corrected chi connectivity index (χ2v) is 10.6. The summed E-state index contributed by atoms with van der Waals surface area (Å²) in [6, 6.07) is 5.57. The molecular formula is C22H34N2O4S. The second kappa shape index (κ2) is 9.04. The largest absolute Gasteiger partial charge is 0.449 e. The lowest BCUT2D eigenvalue weighted by Crippen LogP contribution is -2.44. The zero-order valence-electron chi connectivity index (χ0n) is 17.9. The number of nitrogens with zero attached hydrogens (tertiary/aromatic N) is 2. The molecule has 29 heavy (non-hydrogen) atoms. The molecule has 7 heteroatoms. The molecule has 1 spiro atoms. The summed E-state index contributed by atoms with van der Waals surface area (Å²) in [4.78, 5) is 14.5. The molecule has 0 aromatic heterocycles. The lowest BCUT2D eigenvalue weighted by Gasteiger charge is -2.38. The van der Waals surface area contributed by atoms with E-state index in [0.717, 1.165) is 49.7 Å². The number of hydrogen-bond acceptors (Lipinski definition) is 4. The zero-order valence-corrected chi connectivity index (χ0v) is 18.8. The van der Waals surface area contributed by atoms with Crippen molar-refractivity contribution in [1.82, 2.24) is 9.21 Å². The highest BCUT2D eigenvalue weighted by molar-refractivity contribution is 7.89. The molecule has 2 saturated heterocycles. The Kier molecular flexibility index (Phi) is 6.89. The summed E-state index contributed by atoms with van der Waals surface area (Å²) in [5.74, 6) is 0. The molecule has 0 aliphatic carbocycles. The van der Waals surface area contributed by atoms with Crippen LogP contribution in [0, 0.1) is 19.3 Å². The molecule has 0 atom stereocenters. The zero-order chi connectivity index (χ0) is 21.1. The molecule has 1 aromatic carbocycles. The number of carbonyl (C=O) groups is 1. The molecule has 1 amide bonds. The Morgan fingerprint density at radius 3 is 2.48 bits per heavy atom. The van der Waals surface area contributed by atoms with E-state index in [-0.39, 0.29) is 11.5 Å². The van der Waals surface area contributed by atoms with Crippen LogP contribution in [0.5, 0.6) is 0 Å². The summed E-state index contributed by atoms with van der Waals surface area (Å²) < 4.78 is 33.3. The minimum absolute atomic E-state index is 0.0239. The molecule has 2 aliphatic rings. The van der Waals surface area contributed by atoms with Crippen LogP contribution in [-0.2, 0) is 14.8 Å². The summed E-state index contributed by atoms with van der Waals surface area (Å²) in [6.07, 6.45) is 5.37. The fraction of sp³-hybridized carbons (Fsp3) is 0.682. The maximum absolute atomic E-state index is 13.1. The number of unbranched alkanes of at least 4 members (excludes halogenated alkanes) is 2. The molecule has 0 saturated carbocycles. The van der Waals surface area contributed by atoms with Gasteiger partial charge in [0.15, 0.2) is 0 Å². The Hall–Kier alpha value is -1.60. The van der Waals surface area contributed by atoms with E-state index < -0.39 is 10.0 Å². The second-order valence-electron chi connectivity index (χ2n) is 8.67. The van der Waals surface area contributed by atoms with Crippen molar-refractivity contribution in [2.24, 2.45) is 5.41 Å². The number of hydrogen-bond donors (Lipinski definition) is 0. The van der Waals surface area contributed by atoms with Crippen LogP contribution >= 0.6 is 0 Å². The van der Waals surface area contributed by atoms with Gasteiger partial charge in [-0.15, -0.1) is 0 Å². The van der Waals surface area contributed by atoms with Crippen molar-refractivity contribution in [3.63, 3.8) is 0 Å². The Morgan fingerprint density at radius 2 is 1.79 bits per heavy atom. The first-order valence-electron chi connectivity index (χ1n) is 10.8. The van der Waals surface area contributed by atoms with Gasteiger partial charge in [0.25, 0.3) is 0 Å². The van der Waals surface area contributed by atoms with Crippen molar-refractivity contribution < 1.29 is 17.9 Å². The summed E-state index contributed by atoms with van der Waals surface area (Å²) in [7, 11) is -3.48. The average molecular weight is 423 g/mol. The number of aryl methyl sites for hydroxylation is 2. The smallest absolute Gasteiger partial charge is 0.409 e. The van der Waals surface area contributed by atoms with E-state index in [1.807, 2.05) is 26.0 Å². The van der Waals surface area contributed by atoms with Crippen LogP contribution in [0.1, 0.15) is 56.6 Å². The van der Waals surface area contributed by atoms with E-state index in [9.17, 15) is 13.2 Å². The normalized spacial score (nSPS) is 19.6. The molecule has 2 fully saturated rings. The monoisotopic (exact) mass is 422 g/mol. The van der Waals surface area contributed by atoms with Crippen LogP contribution in [0.15, 0.2) is 23.1 Å². The predicted molar refractivity (Wildman–Crippen MR) is 113 cm³/mol. The van der Waals surface area contributed by atoms with Crippen molar-refractivity contribution in [1.29, 1.82) is 0 Å². The SMILES string of the molecule is CCCCCOC(=O)N1CCC2(CCN(S(=O)(=O)c3cc(C)ccc3C)CC2)C1. The molecule has 3 rings (SSSR count). The Balaban J connectivity index is 1.58. The Bertz CT molecular complexity index is 829. The molecule has 6 nitrogen and oxygen atoms in total. The van der Waals surface area contributed by atoms with Gasteiger partial charge in [0.2, 0.25) is 10.0 Å². The highest BCUT2D eigenvalue weighted by Crippen LogP contribution is 2.41. The van der Waals surface area contributed by atoms with E-state index in [0.29, 0.717) is 37.7 Å². The quantitative estimate of drug-likeness (QED) is 0.647. The lowest BCUT2D eigenvalue weighted by atomic mass is 9.78. The van der Waals surface area contributed by atoms with Gasteiger partial charge < -0.3 is 9.64 Å². The van der Waals surface area contributed by atoms with Gasteiger partial charge in [-0.05, 0) is 62.1 Å². The number of amides is 1. The molecule has 0 unspecified atom stereocenters. The van der Waals surface area contributed by atoms with Crippen LogP contribution in [0.4, 0.5) is 4.79 Å². The number of sulfonamides is 1. The summed E-state index contributed by atoms with van der Waals surface area (Å²) in [6.45, 7) is 8.77. The van der Waals surface area contributed by atoms with Crippen LogP contribution in [-0.4, -0.2) is 56.5 Å². The van der Waals surface area contributed by atoms with Crippen molar-refractivity contribution in [2.75, 3.05) is 32.8 Å². The molecular weight excluding hydrogens is 388 g/mol. The van der Waals surface area contributed by atoms with E-state index in [2.05, 4.69) is 6.92 Å². The van der Waals surface area contributed by atoms with Gasteiger partial charge in [0, 0.05) is 26.2 Å². The van der Waals surface area contributed by atoms with Crippen LogP contribution in [0.25, 0.3) is 0 Å². The number of rotatable bonds is 6. The number of piperidine rings is 1. The maximum Gasteiger partial charge on any atom is 0.409 e. The van der Waals surface area contributed by atoms with Gasteiger partial charge in [-0.25, -0.2) is 13.2 Å². The number of likely N-dealkylation sites (tertiary alicyclic amines) is 1. The topological polar surface area (TPSA) is 66.9 Å². The highest BCUT2D eigenvalue weighted by Gasteiger charge is 2.44. The van der Waals surface area contributed by atoms with Crippen molar-refractivity contribution >= 4 is 16.1 Å². The molecule has 2 heterocycles. The summed E-state index contributed by atoms with van der Waals surface area (Å²) in [5.41, 5.74) is 1.76. The molecule has 0 bridgehead atoms. The first-order valence-corrected chi connectivity index (χ1v) is 12.2. The first kappa shape index (κ1) is 22.1. The van der Waals surface area contributed by atoms with E-state index in [4.69, 9.17) is 4.74 Å². The van der Waals surface area contributed by atoms with Crippen LogP contribution in [0.2, 0.25) is 0 Å². The molecule has 1 aromatic rings. The van der Waals surface area contributed by atoms with E-state index >= 15 is 0 Å². The van der Waals surface area contributed by atoms with Crippen molar-refractivity contribution in [3.8, 4) is 0 Å². The van der Waals surface area contributed by atoms with E-state index in [1.54, 1.807) is 15.3 Å². The van der Waals surface area contributed by atoms with Gasteiger partial charge in [0.05, 0.1) is 11.5 Å². The number of benzene rings is 1. The third-order valence-electron chi connectivity index (χ3n) is 6.41. The van der Waals surface area contributed by atoms with Gasteiger partial charge in [0.1, 0.15) is 0 Å². The fourth-order valence-electron chi connectivity index (χ4n) is 4.43. The van der Waals surface area contributed by atoms with E-state index in [1.165, 1.54) is 0 Å². The molecule has 0 radical (unpaired) electrons. The minimum atomic E-state index is -3.48. The van der Waals surface area contributed by atoms with Crippen LogP contribution in [0.3, 0.4) is 0 Å². The molecule has 0 N–H and O–H groups in total. The third kappa shape index (κ3) is 4.94. The van der Waals surface area contributed by atoms with Crippen molar-refractivity contribution in [2.45, 2.75) is 64.2 Å². The van der Waals surface area contributed by atoms with Gasteiger partial charge in [-0.3, -0.25) is 0 Å². The van der Waals surface area contributed by atoms with Gasteiger partial charge in [-0.1, -0.05) is 31.9 Å². The van der Waals surface area contributed by atoms with Crippen LogP contribution < -0.4 is 0 Å². The number of ether oxygens (including phenoxy) is 1. The summed E-state index contributed by atoms with van der Waals surface area (Å²) >= 11 is 0. The average Bonchev–Trinajstić information content (AvgIpc) is 3.11. The standard InChI is InChI=1S/C22H34N2O4S/c1-4-5-6-15-28-21(25)23-12-9-22(17-23)10-13-24(14-11-22)29(26,27)20-16-18(2)7-8-19(20)3/h7-8,16H,4-6,9-15,17H2,1-3H3. The predicted octanol–water partition coefficient (Wildman–Crippen LogP) is 4.11. The Labute approximate surface area is 175 Å². The Morgan fingerprint density at radius 1 is 1.10 bits per heavy atom. The summed E-state index contributed by atoms with van der Waals surface area (Å²) in [5, 5.41) is 0. The van der Waals surface area contributed by atoms with Gasteiger partial charge >= 0.3 is 6.09 Å². The highest BCUT2D eigenvalue weighted by atomic mass is 32.2. The first-order chi connectivity index (χ1) is 13.8. The van der Waals surface area contributed by atoms with Gasteiger partial charge in [-0.2, -0.15) is 4.31 Å². The minimum Gasteiger partial charge on any atom is -0.449 e. The maximum atomic E-state index is 13.1. The lowest BCUT2D eigenvalue weighted by molar-refractivity contribution is 0.0974. The third-order valence-corrected chi connectivity index (χ3v) is 8.46. The molecule has 162 valence electrons. The van der Waals surface area contributed by atoms with Crippen molar-refractivity contribution in [3.05, 3.63) is 29.3 Å². The fourth-order valence-corrected chi connectivity index (χ4v) is 6.18. The molecule has 2 aliphatic heterocycles. The number of carbonyl (C=O) groups excluding carboxylic acids is 1.